The molecule has 1 aromatic carbocycles. The van der Waals surface area contributed by atoms with E-state index in [0.29, 0.717) is 0 Å². The van der Waals surface area contributed by atoms with E-state index in [2.05, 4.69) is 0 Å². The fraction of sp³-hybridized carbons (Fsp3) is 0.438. The summed E-state index contributed by atoms with van der Waals surface area (Å²) in [5.41, 5.74) is 0.830. The maximum atomic E-state index is 12.1. The second kappa shape index (κ2) is 7.06. The van der Waals surface area contributed by atoms with Gasteiger partial charge in [0, 0.05) is 0 Å². The number of ether oxygens (including phenoxy) is 1. The van der Waals surface area contributed by atoms with Crippen molar-refractivity contribution in [3.8, 4) is 0 Å². The number of aliphatic carboxylic acids is 2. The fourth-order valence-electron chi connectivity index (χ4n) is 2.76. The highest BCUT2D eigenvalue weighted by Crippen LogP contribution is 2.34. The van der Waals surface area contributed by atoms with Crippen molar-refractivity contribution in [1.82, 2.24) is 0 Å². The molecule has 0 amide bonds. The maximum absolute atomic E-state index is 12.1. The van der Waals surface area contributed by atoms with Crippen molar-refractivity contribution in [2.75, 3.05) is 0 Å². The third kappa shape index (κ3) is 4.07. The second-order valence-electron chi connectivity index (χ2n) is 5.57. The minimum Gasteiger partial charge on any atom is -0.481 e. The minimum absolute atomic E-state index is 0.0626. The van der Waals surface area contributed by atoms with Crippen LogP contribution in [0.25, 0.3) is 0 Å². The Labute approximate surface area is 127 Å². The van der Waals surface area contributed by atoms with Gasteiger partial charge in [0.1, 0.15) is 6.61 Å². The number of carboxylic acid groups (broad SMARTS) is 2. The third-order valence-electron chi connectivity index (χ3n) is 3.96. The second-order valence-corrected chi connectivity index (χ2v) is 5.57. The largest absolute Gasteiger partial charge is 0.481 e. The van der Waals surface area contributed by atoms with Crippen molar-refractivity contribution < 1.29 is 29.3 Å². The Hall–Kier alpha value is -2.37. The standard InChI is InChI=1S/C16H18O6/c17-14(18)11-6-12(15(19)20)8-13(7-11)16(21)22-9-10-4-2-1-3-5-10/h1-5,11-13H,6-9H2,(H,17,18)(H,19,20)/t11-,12+,13-. The number of rotatable bonds is 5. The molecule has 1 fully saturated rings. The van der Waals surface area contributed by atoms with Gasteiger partial charge in [0.2, 0.25) is 0 Å². The van der Waals surface area contributed by atoms with Crippen LogP contribution in [0.15, 0.2) is 30.3 Å². The van der Waals surface area contributed by atoms with E-state index in [9.17, 15) is 14.4 Å². The van der Waals surface area contributed by atoms with Gasteiger partial charge in [0.15, 0.2) is 0 Å². The van der Waals surface area contributed by atoms with E-state index in [-0.39, 0.29) is 25.9 Å². The highest BCUT2D eigenvalue weighted by molar-refractivity contribution is 5.79. The first-order valence-electron chi connectivity index (χ1n) is 7.13. The lowest BCUT2D eigenvalue weighted by atomic mass is 9.75. The average Bonchev–Trinajstić information content (AvgIpc) is 2.53. The van der Waals surface area contributed by atoms with Crippen molar-refractivity contribution in [2.45, 2.75) is 25.9 Å². The van der Waals surface area contributed by atoms with E-state index in [0.717, 1.165) is 5.56 Å². The first-order valence-corrected chi connectivity index (χ1v) is 7.13. The predicted octanol–water partition coefficient (Wildman–Crippen LogP) is 1.93. The first-order chi connectivity index (χ1) is 10.5. The van der Waals surface area contributed by atoms with Crippen LogP contribution in [0.1, 0.15) is 24.8 Å². The molecule has 0 unspecified atom stereocenters. The van der Waals surface area contributed by atoms with Crippen LogP contribution in [0.3, 0.4) is 0 Å². The summed E-state index contributed by atoms with van der Waals surface area (Å²) in [5, 5.41) is 18.2. The van der Waals surface area contributed by atoms with Crippen molar-refractivity contribution in [1.29, 1.82) is 0 Å². The molecule has 0 bridgehead atoms. The Bertz CT molecular complexity index is 531. The summed E-state index contributed by atoms with van der Waals surface area (Å²) in [6.07, 6.45) is 0.326. The van der Waals surface area contributed by atoms with Gasteiger partial charge in [-0.3, -0.25) is 14.4 Å². The van der Waals surface area contributed by atoms with Gasteiger partial charge in [-0.05, 0) is 24.8 Å². The summed E-state index contributed by atoms with van der Waals surface area (Å²) in [5.74, 6) is -4.97. The highest BCUT2D eigenvalue weighted by atomic mass is 16.5. The molecule has 0 radical (unpaired) electrons. The Morgan fingerprint density at radius 2 is 1.41 bits per heavy atom. The molecule has 1 saturated carbocycles. The van der Waals surface area contributed by atoms with Crippen LogP contribution in [0.2, 0.25) is 0 Å². The van der Waals surface area contributed by atoms with Crippen LogP contribution < -0.4 is 0 Å². The lowest BCUT2D eigenvalue weighted by molar-refractivity contribution is -0.157. The summed E-state index contributed by atoms with van der Waals surface area (Å²) in [4.78, 5) is 34.3. The molecular formula is C16H18O6. The van der Waals surface area contributed by atoms with E-state index in [1.165, 1.54) is 0 Å². The Morgan fingerprint density at radius 3 is 1.91 bits per heavy atom. The zero-order chi connectivity index (χ0) is 16.1. The van der Waals surface area contributed by atoms with Crippen LogP contribution in [-0.2, 0) is 25.7 Å². The summed E-state index contributed by atoms with van der Waals surface area (Å²) in [7, 11) is 0. The average molecular weight is 306 g/mol. The first kappa shape index (κ1) is 16.0. The van der Waals surface area contributed by atoms with Gasteiger partial charge in [-0.1, -0.05) is 30.3 Å². The molecule has 1 aliphatic carbocycles. The van der Waals surface area contributed by atoms with Gasteiger partial charge in [-0.2, -0.15) is 0 Å². The van der Waals surface area contributed by atoms with Crippen molar-refractivity contribution in [3.05, 3.63) is 35.9 Å². The van der Waals surface area contributed by atoms with Gasteiger partial charge in [0.05, 0.1) is 17.8 Å². The third-order valence-corrected chi connectivity index (χ3v) is 3.96. The molecule has 118 valence electrons. The fourth-order valence-corrected chi connectivity index (χ4v) is 2.76. The van der Waals surface area contributed by atoms with E-state index in [1.54, 1.807) is 0 Å². The Kier molecular flexibility index (Phi) is 5.14. The molecule has 0 aliphatic heterocycles. The van der Waals surface area contributed by atoms with Crippen LogP contribution in [0, 0.1) is 17.8 Å². The van der Waals surface area contributed by atoms with Gasteiger partial charge >= 0.3 is 17.9 Å². The van der Waals surface area contributed by atoms with E-state index in [4.69, 9.17) is 14.9 Å². The molecule has 0 spiro atoms. The number of carbonyl (C=O) groups is 3. The molecule has 0 saturated heterocycles. The molecular weight excluding hydrogens is 288 g/mol. The molecule has 2 rings (SSSR count). The minimum atomic E-state index is -1.06. The summed E-state index contributed by atoms with van der Waals surface area (Å²) < 4.78 is 5.20. The molecule has 1 aliphatic rings. The lowest BCUT2D eigenvalue weighted by Gasteiger charge is -2.29. The Morgan fingerprint density at radius 1 is 0.909 bits per heavy atom. The van der Waals surface area contributed by atoms with E-state index < -0.39 is 35.7 Å². The quantitative estimate of drug-likeness (QED) is 0.806. The van der Waals surface area contributed by atoms with Gasteiger partial charge < -0.3 is 14.9 Å². The van der Waals surface area contributed by atoms with Crippen molar-refractivity contribution >= 4 is 17.9 Å². The number of hydrogen-bond donors (Lipinski definition) is 2. The number of benzene rings is 1. The van der Waals surface area contributed by atoms with Crippen LogP contribution in [0.4, 0.5) is 0 Å². The predicted molar refractivity (Wildman–Crippen MR) is 75.8 cm³/mol. The molecule has 0 aromatic heterocycles. The van der Waals surface area contributed by atoms with Gasteiger partial charge in [-0.25, -0.2) is 0 Å². The van der Waals surface area contributed by atoms with E-state index >= 15 is 0 Å². The SMILES string of the molecule is O=C(O)[C@@H]1C[C@H](C(=O)O)C[C@H](C(=O)OCc2ccccc2)C1. The maximum Gasteiger partial charge on any atom is 0.309 e. The monoisotopic (exact) mass is 306 g/mol. The highest BCUT2D eigenvalue weighted by Gasteiger charge is 2.39. The molecule has 2 N–H and O–H groups in total. The smallest absolute Gasteiger partial charge is 0.309 e. The molecule has 22 heavy (non-hydrogen) atoms. The summed E-state index contributed by atoms with van der Waals surface area (Å²) >= 11 is 0. The van der Waals surface area contributed by atoms with Crippen LogP contribution in [-0.4, -0.2) is 28.1 Å². The molecule has 0 heterocycles. The van der Waals surface area contributed by atoms with Gasteiger partial charge in [-0.15, -0.1) is 0 Å². The van der Waals surface area contributed by atoms with Crippen molar-refractivity contribution in [3.63, 3.8) is 0 Å². The van der Waals surface area contributed by atoms with Crippen LogP contribution >= 0.6 is 0 Å². The number of carboxylic acids is 2. The van der Waals surface area contributed by atoms with Crippen LogP contribution in [0.5, 0.6) is 0 Å². The summed E-state index contributed by atoms with van der Waals surface area (Å²) in [6, 6.07) is 9.12. The van der Waals surface area contributed by atoms with E-state index in [1.807, 2.05) is 30.3 Å². The number of hydrogen-bond acceptors (Lipinski definition) is 4. The van der Waals surface area contributed by atoms with Crippen molar-refractivity contribution in [2.24, 2.45) is 17.8 Å². The topological polar surface area (TPSA) is 101 Å². The summed E-state index contributed by atoms with van der Waals surface area (Å²) in [6.45, 7) is 0.103. The number of carbonyl (C=O) groups excluding carboxylic acids is 1. The molecule has 6 heteroatoms. The lowest BCUT2D eigenvalue weighted by Crippen LogP contribution is -2.35. The van der Waals surface area contributed by atoms with Gasteiger partial charge in [0.25, 0.3) is 0 Å². The normalized spacial score (nSPS) is 24.5. The molecule has 3 atom stereocenters. The number of esters is 1. The molecule has 1 aromatic rings. The molecule has 6 nitrogen and oxygen atoms in total. The Balaban J connectivity index is 1.98. The zero-order valence-electron chi connectivity index (χ0n) is 12.0. The zero-order valence-corrected chi connectivity index (χ0v) is 12.0.